The van der Waals surface area contributed by atoms with Gasteiger partial charge in [0, 0.05) is 34.1 Å². The summed E-state index contributed by atoms with van der Waals surface area (Å²) in [6, 6.07) is 2.54. The van der Waals surface area contributed by atoms with Gasteiger partial charge in [0.1, 0.15) is 5.84 Å². The molecule has 1 saturated heterocycles. The minimum atomic E-state index is 0.667. The first-order valence-electron chi connectivity index (χ1n) is 6.48. The van der Waals surface area contributed by atoms with Gasteiger partial charge in [-0.2, -0.15) is 0 Å². The Morgan fingerprint density at radius 3 is 2.94 bits per heavy atom. The molecule has 0 radical (unpaired) electrons. The molecule has 18 heavy (non-hydrogen) atoms. The van der Waals surface area contributed by atoms with E-state index >= 15 is 0 Å². The van der Waals surface area contributed by atoms with Gasteiger partial charge < -0.3 is 4.90 Å². The summed E-state index contributed by atoms with van der Waals surface area (Å²) in [4.78, 5) is 7.34. The molecule has 1 aromatic rings. The topological polar surface area (TPSA) is 15.6 Å². The molecule has 3 aliphatic rings. The first kappa shape index (κ1) is 11.1. The average molecular weight is 281 g/mol. The maximum atomic E-state index is 6.33. The molecule has 2 atom stereocenters. The fourth-order valence-corrected chi connectivity index (χ4v) is 4.12. The number of hydrogen-bond acceptors (Lipinski definition) is 2. The van der Waals surface area contributed by atoms with E-state index in [0.717, 1.165) is 33.4 Å². The van der Waals surface area contributed by atoms with E-state index in [4.69, 9.17) is 28.2 Å². The molecule has 2 bridgehead atoms. The molecule has 0 N–H and O–H groups in total. The van der Waals surface area contributed by atoms with Gasteiger partial charge in [-0.15, -0.1) is 0 Å². The second-order valence-corrected chi connectivity index (χ2v) is 6.37. The third kappa shape index (κ3) is 1.33. The summed E-state index contributed by atoms with van der Waals surface area (Å²) in [5.74, 6) is 1.94. The van der Waals surface area contributed by atoms with Gasteiger partial charge in [0.05, 0.1) is 5.69 Å². The van der Waals surface area contributed by atoms with Gasteiger partial charge in [-0.05, 0) is 37.8 Å². The van der Waals surface area contributed by atoms with Crippen LogP contribution in [-0.4, -0.2) is 16.8 Å². The van der Waals surface area contributed by atoms with E-state index in [0.29, 0.717) is 12.0 Å². The standard InChI is InChI=1S/C14H14Cl2N2/c1-7-11(15)5-12(16)10-6-18-9-3-2-8(4-9)14(18)17-13(7)10/h5,8-9H,2-4,6H2,1H3. The van der Waals surface area contributed by atoms with Gasteiger partial charge in [0.25, 0.3) is 0 Å². The Hall–Kier alpha value is -0.730. The molecule has 2 aliphatic heterocycles. The summed E-state index contributed by atoms with van der Waals surface area (Å²) in [5, 5.41) is 1.48. The fourth-order valence-electron chi connectivity index (χ4n) is 3.61. The highest BCUT2D eigenvalue weighted by Gasteiger charge is 2.44. The van der Waals surface area contributed by atoms with Crippen LogP contribution in [0.3, 0.4) is 0 Å². The summed E-state index contributed by atoms with van der Waals surface area (Å²) in [7, 11) is 0. The third-order valence-corrected chi connectivity index (χ3v) is 5.33. The number of piperidine rings is 1. The van der Waals surface area contributed by atoms with Gasteiger partial charge in [0.15, 0.2) is 0 Å². The van der Waals surface area contributed by atoms with E-state index in [9.17, 15) is 0 Å². The SMILES string of the molecule is Cc1c(Cl)cc(Cl)c2c1N=C1C3CCC(C3)N1C2. The zero-order valence-corrected chi connectivity index (χ0v) is 11.7. The Bertz CT molecular complexity index is 580. The second-order valence-electron chi connectivity index (χ2n) is 5.55. The summed E-state index contributed by atoms with van der Waals surface area (Å²) < 4.78 is 0. The highest BCUT2D eigenvalue weighted by Crippen LogP contribution is 2.47. The first-order valence-corrected chi connectivity index (χ1v) is 7.23. The minimum absolute atomic E-state index is 0.667. The lowest BCUT2D eigenvalue weighted by atomic mass is 10.0. The molecule has 94 valence electrons. The maximum Gasteiger partial charge on any atom is 0.109 e. The van der Waals surface area contributed by atoms with Crippen molar-refractivity contribution in [2.45, 2.75) is 38.8 Å². The van der Waals surface area contributed by atoms with Crippen LogP contribution < -0.4 is 0 Å². The van der Waals surface area contributed by atoms with Gasteiger partial charge in [-0.3, -0.25) is 0 Å². The van der Waals surface area contributed by atoms with Crippen molar-refractivity contribution >= 4 is 34.7 Å². The van der Waals surface area contributed by atoms with Gasteiger partial charge in [0.2, 0.25) is 0 Å². The van der Waals surface area contributed by atoms with Crippen LogP contribution in [0.4, 0.5) is 5.69 Å². The molecule has 0 amide bonds. The quantitative estimate of drug-likeness (QED) is 0.691. The first-order chi connectivity index (χ1) is 8.65. The van der Waals surface area contributed by atoms with Crippen LogP contribution in [0.2, 0.25) is 10.0 Å². The number of benzene rings is 1. The van der Waals surface area contributed by atoms with Gasteiger partial charge in [-0.25, -0.2) is 4.99 Å². The zero-order chi connectivity index (χ0) is 12.4. The normalized spacial score (nSPS) is 28.2. The highest BCUT2D eigenvalue weighted by atomic mass is 35.5. The Morgan fingerprint density at radius 1 is 1.28 bits per heavy atom. The van der Waals surface area contributed by atoms with E-state index in [-0.39, 0.29) is 0 Å². The molecule has 1 aliphatic carbocycles. The summed E-state index contributed by atoms with van der Waals surface area (Å²) in [6.45, 7) is 2.94. The van der Waals surface area contributed by atoms with Gasteiger partial charge >= 0.3 is 0 Å². The van der Waals surface area contributed by atoms with Gasteiger partial charge in [-0.1, -0.05) is 23.2 Å². The summed E-state index contributed by atoms with van der Waals surface area (Å²) in [6.07, 6.45) is 3.88. The second kappa shape index (κ2) is 3.64. The number of rotatable bonds is 0. The zero-order valence-electron chi connectivity index (χ0n) is 10.2. The largest absolute Gasteiger partial charge is 0.352 e. The average Bonchev–Trinajstić information content (AvgIpc) is 2.96. The van der Waals surface area contributed by atoms with E-state index in [1.165, 1.54) is 25.1 Å². The third-order valence-electron chi connectivity index (χ3n) is 4.60. The molecule has 1 saturated carbocycles. The molecule has 0 aromatic heterocycles. The van der Waals surface area contributed by atoms with E-state index in [1.54, 1.807) is 0 Å². The number of aliphatic imine (C=N–C) groups is 1. The van der Waals surface area contributed by atoms with Crippen molar-refractivity contribution in [3.8, 4) is 0 Å². The summed E-state index contributed by atoms with van der Waals surface area (Å²) in [5.41, 5.74) is 3.23. The number of nitrogens with zero attached hydrogens (tertiary/aromatic N) is 2. The molecule has 0 spiro atoms. The van der Waals surface area contributed by atoms with Crippen molar-refractivity contribution in [3.05, 3.63) is 27.2 Å². The highest BCUT2D eigenvalue weighted by molar-refractivity contribution is 6.36. The van der Waals surface area contributed by atoms with Crippen molar-refractivity contribution in [1.29, 1.82) is 0 Å². The number of halogens is 2. The Morgan fingerprint density at radius 2 is 2.11 bits per heavy atom. The molecule has 2 heterocycles. The molecule has 4 rings (SSSR count). The van der Waals surface area contributed by atoms with E-state index < -0.39 is 0 Å². The molecule has 2 fully saturated rings. The maximum absolute atomic E-state index is 6.33. The van der Waals surface area contributed by atoms with Crippen LogP contribution in [0.5, 0.6) is 0 Å². The predicted octanol–water partition coefficient (Wildman–Crippen LogP) is 4.33. The van der Waals surface area contributed by atoms with Crippen LogP contribution >= 0.6 is 23.2 Å². The molecule has 2 nitrogen and oxygen atoms in total. The monoisotopic (exact) mass is 280 g/mol. The molecule has 2 unspecified atom stereocenters. The van der Waals surface area contributed by atoms with Crippen molar-refractivity contribution in [2.75, 3.05) is 0 Å². The molecular weight excluding hydrogens is 267 g/mol. The summed E-state index contributed by atoms with van der Waals surface area (Å²) >= 11 is 12.5. The Kier molecular flexibility index (Phi) is 2.25. The van der Waals surface area contributed by atoms with Crippen molar-refractivity contribution in [1.82, 2.24) is 4.90 Å². The predicted molar refractivity (Wildman–Crippen MR) is 75.0 cm³/mol. The van der Waals surface area contributed by atoms with Crippen LogP contribution in [0.1, 0.15) is 30.4 Å². The molecule has 4 heteroatoms. The Balaban J connectivity index is 1.92. The van der Waals surface area contributed by atoms with Crippen LogP contribution in [0.15, 0.2) is 11.1 Å². The number of fused-ring (bicyclic) bond motifs is 6. The van der Waals surface area contributed by atoms with E-state index in [2.05, 4.69) is 4.90 Å². The smallest absolute Gasteiger partial charge is 0.109 e. The number of amidine groups is 1. The van der Waals surface area contributed by atoms with Crippen molar-refractivity contribution < 1.29 is 0 Å². The lowest BCUT2D eigenvalue weighted by Crippen LogP contribution is -2.38. The molecular formula is C14H14Cl2N2. The fraction of sp³-hybridized carbons (Fsp3) is 0.500. The lowest BCUT2D eigenvalue weighted by Gasteiger charge is -2.34. The Labute approximate surface area is 117 Å². The number of hydrogen-bond donors (Lipinski definition) is 0. The van der Waals surface area contributed by atoms with Crippen molar-refractivity contribution in [3.63, 3.8) is 0 Å². The van der Waals surface area contributed by atoms with Crippen molar-refractivity contribution in [2.24, 2.45) is 10.9 Å². The minimum Gasteiger partial charge on any atom is -0.352 e. The van der Waals surface area contributed by atoms with Crippen LogP contribution in [0, 0.1) is 12.8 Å². The molecule has 1 aromatic carbocycles. The van der Waals surface area contributed by atoms with E-state index in [1.807, 2.05) is 13.0 Å². The lowest BCUT2D eigenvalue weighted by molar-refractivity contribution is 0.317. The van der Waals surface area contributed by atoms with Crippen LogP contribution in [-0.2, 0) is 6.54 Å². The van der Waals surface area contributed by atoms with Crippen LogP contribution in [0.25, 0.3) is 0 Å².